The largest absolute Gasteiger partial charge is 0.192 e. The van der Waals surface area contributed by atoms with Crippen LogP contribution in [0.1, 0.15) is 5.56 Å². The van der Waals surface area contributed by atoms with E-state index in [1.807, 2.05) is 23.5 Å². The Labute approximate surface area is 355 Å². The van der Waals surface area contributed by atoms with Gasteiger partial charge in [0, 0.05) is 20.2 Å². The molecule has 0 aliphatic carbocycles. The van der Waals surface area contributed by atoms with Crippen molar-refractivity contribution < 1.29 is 0 Å². The quantitative estimate of drug-likeness (QED) is 0.129. The molecule has 0 saturated carbocycles. The first-order valence-corrected chi connectivity index (χ1v) is 21.6. The summed E-state index contributed by atoms with van der Waals surface area (Å²) >= 11 is 1.90. The standard InChI is InChI=1S/C59H33NS/c60-34-35-17-19-37(20-18-35)57-47-13-5-7-15-49(47)58(50-16-8-6-14-48(50)57)42-24-23-38-29-39(21-22-40(38)30-42)41-25-27-46-51(31-41)44-11-3-4-12-45(44)52-32-54-56(33-53(46)52)61-55-28-26-36-9-1-2-10-43(36)59(54)55/h1-33H. The molecule has 0 atom stereocenters. The van der Waals surface area contributed by atoms with Crippen LogP contribution in [0, 0.1) is 11.3 Å². The van der Waals surface area contributed by atoms with Crippen molar-refractivity contribution in [3.63, 3.8) is 0 Å². The van der Waals surface area contributed by atoms with Crippen LogP contribution in [0.15, 0.2) is 200 Å². The number of hydrogen-bond donors (Lipinski definition) is 0. The van der Waals surface area contributed by atoms with Gasteiger partial charge in [-0.3, -0.25) is 0 Å². The molecule has 0 aliphatic heterocycles. The molecule has 0 unspecified atom stereocenters. The van der Waals surface area contributed by atoms with Gasteiger partial charge in [0.1, 0.15) is 0 Å². The van der Waals surface area contributed by atoms with E-state index >= 15 is 0 Å². The zero-order valence-electron chi connectivity index (χ0n) is 32.9. The summed E-state index contributed by atoms with van der Waals surface area (Å²) < 4.78 is 2.67. The minimum absolute atomic E-state index is 0.666. The maximum absolute atomic E-state index is 9.47. The molecule has 13 rings (SSSR count). The van der Waals surface area contributed by atoms with Crippen molar-refractivity contribution in [1.82, 2.24) is 0 Å². The summed E-state index contributed by atoms with van der Waals surface area (Å²) in [5, 5.41) is 29.8. The molecule has 0 bridgehead atoms. The Morgan fingerprint density at radius 2 is 0.770 bits per heavy atom. The first-order chi connectivity index (χ1) is 30.2. The van der Waals surface area contributed by atoms with E-state index in [4.69, 9.17) is 0 Å². The Bertz CT molecular complexity index is 3990. The van der Waals surface area contributed by atoms with Gasteiger partial charge in [0.05, 0.1) is 11.6 Å². The second-order valence-corrected chi connectivity index (χ2v) is 17.4. The molecular weight excluding hydrogens is 755 g/mol. The van der Waals surface area contributed by atoms with Crippen LogP contribution in [-0.2, 0) is 0 Å². The lowest BCUT2D eigenvalue weighted by Crippen LogP contribution is -1.91. The first kappa shape index (κ1) is 34.1. The summed E-state index contributed by atoms with van der Waals surface area (Å²) in [7, 11) is 0. The van der Waals surface area contributed by atoms with Crippen LogP contribution < -0.4 is 0 Å². The molecule has 0 radical (unpaired) electrons. The van der Waals surface area contributed by atoms with Crippen molar-refractivity contribution in [1.29, 1.82) is 5.26 Å². The fraction of sp³-hybridized carbons (Fsp3) is 0. The molecule has 13 aromatic rings. The van der Waals surface area contributed by atoms with Crippen LogP contribution in [0.3, 0.4) is 0 Å². The third-order valence-corrected chi connectivity index (χ3v) is 14.1. The maximum Gasteiger partial charge on any atom is 0.0991 e. The molecule has 0 saturated heterocycles. The topological polar surface area (TPSA) is 23.8 Å². The average Bonchev–Trinajstić information content (AvgIpc) is 3.70. The normalized spacial score (nSPS) is 11.9. The van der Waals surface area contributed by atoms with Crippen molar-refractivity contribution in [3.8, 4) is 39.4 Å². The van der Waals surface area contributed by atoms with Gasteiger partial charge in [0.2, 0.25) is 0 Å². The summed E-state index contributed by atoms with van der Waals surface area (Å²) in [4.78, 5) is 0. The third kappa shape index (κ3) is 5.12. The van der Waals surface area contributed by atoms with E-state index in [1.165, 1.54) is 123 Å². The summed E-state index contributed by atoms with van der Waals surface area (Å²) in [6, 6.07) is 75.8. The van der Waals surface area contributed by atoms with Crippen LogP contribution in [-0.4, -0.2) is 0 Å². The average molecular weight is 788 g/mol. The third-order valence-electron chi connectivity index (χ3n) is 13.0. The lowest BCUT2D eigenvalue weighted by atomic mass is 9.85. The van der Waals surface area contributed by atoms with Gasteiger partial charge in [0.15, 0.2) is 0 Å². The van der Waals surface area contributed by atoms with E-state index in [0.717, 1.165) is 5.56 Å². The maximum atomic E-state index is 9.47. The van der Waals surface area contributed by atoms with Crippen LogP contribution in [0.5, 0.6) is 0 Å². The Kier molecular flexibility index (Phi) is 7.31. The Balaban J connectivity index is 0.951. The first-order valence-electron chi connectivity index (χ1n) is 20.8. The van der Waals surface area contributed by atoms with Gasteiger partial charge in [-0.25, -0.2) is 0 Å². The minimum Gasteiger partial charge on any atom is -0.192 e. The molecule has 2 heteroatoms. The van der Waals surface area contributed by atoms with Crippen LogP contribution in [0.4, 0.5) is 0 Å². The summed E-state index contributed by atoms with van der Waals surface area (Å²) in [5.74, 6) is 0. The van der Waals surface area contributed by atoms with Crippen LogP contribution >= 0.6 is 11.3 Å². The molecule has 280 valence electrons. The number of hydrogen-bond acceptors (Lipinski definition) is 2. The zero-order valence-corrected chi connectivity index (χ0v) is 33.7. The molecule has 0 spiro atoms. The van der Waals surface area contributed by atoms with Gasteiger partial charge in [-0.05, 0) is 157 Å². The minimum atomic E-state index is 0.666. The van der Waals surface area contributed by atoms with Crippen LogP contribution in [0.25, 0.3) is 129 Å². The highest BCUT2D eigenvalue weighted by atomic mass is 32.1. The van der Waals surface area contributed by atoms with Crippen molar-refractivity contribution in [3.05, 3.63) is 206 Å². The Morgan fingerprint density at radius 1 is 0.295 bits per heavy atom. The molecule has 1 aromatic heterocycles. The molecule has 0 amide bonds. The second kappa shape index (κ2) is 13.1. The monoisotopic (exact) mass is 787 g/mol. The van der Waals surface area contributed by atoms with Gasteiger partial charge in [-0.15, -0.1) is 11.3 Å². The molecule has 1 nitrogen and oxygen atoms in total. The van der Waals surface area contributed by atoms with E-state index in [-0.39, 0.29) is 0 Å². The van der Waals surface area contributed by atoms with Crippen molar-refractivity contribution in [2.24, 2.45) is 0 Å². The summed E-state index contributed by atoms with van der Waals surface area (Å²) in [6.45, 7) is 0. The Hall–Kier alpha value is -7.83. The lowest BCUT2D eigenvalue weighted by molar-refractivity contribution is 1.49. The summed E-state index contributed by atoms with van der Waals surface area (Å²) in [5.41, 5.74) is 7.84. The van der Waals surface area contributed by atoms with E-state index in [9.17, 15) is 5.26 Å². The van der Waals surface area contributed by atoms with Crippen molar-refractivity contribution in [2.75, 3.05) is 0 Å². The molecule has 1 heterocycles. The molecular formula is C59H33NS. The lowest BCUT2D eigenvalue weighted by Gasteiger charge is -2.18. The second-order valence-electron chi connectivity index (χ2n) is 16.3. The van der Waals surface area contributed by atoms with Gasteiger partial charge in [0.25, 0.3) is 0 Å². The number of rotatable bonds is 3. The van der Waals surface area contributed by atoms with Crippen molar-refractivity contribution >= 4 is 107 Å². The summed E-state index contributed by atoms with van der Waals surface area (Å²) in [6.07, 6.45) is 0. The molecule has 0 fully saturated rings. The predicted octanol–water partition coefficient (Wildman–Crippen LogP) is 17.0. The smallest absolute Gasteiger partial charge is 0.0991 e. The molecule has 61 heavy (non-hydrogen) atoms. The highest BCUT2D eigenvalue weighted by molar-refractivity contribution is 7.26. The molecule has 0 N–H and O–H groups in total. The number of nitrogens with zero attached hydrogens (tertiary/aromatic N) is 1. The fourth-order valence-corrected chi connectivity index (χ4v) is 11.4. The van der Waals surface area contributed by atoms with E-state index < -0.39 is 0 Å². The predicted molar refractivity (Wildman–Crippen MR) is 263 cm³/mol. The van der Waals surface area contributed by atoms with Gasteiger partial charge in [-0.2, -0.15) is 5.26 Å². The van der Waals surface area contributed by atoms with Gasteiger partial charge >= 0.3 is 0 Å². The highest BCUT2D eigenvalue weighted by Crippen LogP contribution is 2.46. The van der Waals surface area contributed by atoms with Gasteiger partial charge in [-0.1, -0.05) is 152 Å². The number of nitriles is 1. The highest BCUT2D eigenvalue weighted by Gasteiger charge is 2.18. The van der Waals surface area contributed by atoms with E-state index in [1.54, 1.807) is 0 Å². The van der Waals surface area contributed by atoms with E-state index in [0.29, 0.717) is 5.56 Å². The number of thiophene rings is 1. The van der Waals surface area contributed by atoms with Gasteiger partial charge < -0.3 is 0 Å². The Morgan fingerprint density at radius 3 is 1.44 bits per heavy atom. The fourth-order valence-electron chi connectivity index (χ4n) is 10.2. The molecule has 12 aromatic carbocycles. The van der Waals surface area contributed by atoms with E-state index in [2.05, 4.69) is 194 Å². The molecule has 0 aliphatic rings. The number of fused-ring (bicyclic) bond motifs is 14. The van der Waals surface area contributed by atoms with Crippen LogP contribution in [0.2, 0.25) is 0 Å². The SMILES string of the molecule is N#Cc1ccc(-c2c3ccccc3c(-c3ccc4cc(-c5ccc6c(c5)c5ccccc5c5cc7c(cc65)sc5ccc6ccccc6c57)ccc4c3)c3ccccc23)cc1. The van der Waals surface area contributed by atoms with Crippen molar-refractivity contribution in [2.45, 2.75) is 0 Å². The zero-order chi connectivity index (χ0) is 40.2. The number of benzene rings is 12.